The first-order valence-corrected chi connectivity index (χ1v) is 10.1. The number of amides is 1. The Morgan fingerprint density at radius 2 is 2.08 bits per heavy atom. The lowest BCUT2D eigenvalue weighted by Gasteiger charge is -2.55. The number of hydrogen-bond donors (Lipinski definition) is 1. The molecule has 4 aliphatic carbocycles. The molecule has 1 amide bonds. The van der Waals surface area contributed by atoms with Gasteiger partial charge in [-0.15, -0.1) is 0 Å². The van der Waals surface area contributed by atoms with Crippen molar-refractivity contribution in [1.82, 2.24) is 5.32 Å². The van der Waals surface area contributed by atoms with Crippen LogP contribution in [0.3, 0.4) is 0 Å². The summed E-state index contributed by atoms with van der Waals surface area (Å²) in [6.45, 7) is 4.74. The van der Waals surface area contributed by atoms with E-state index >= 15 is 0 Å². The van der Waals surface area contributed by atoms with E-state index in [1.54, 1.807) is 7.05 Å². The van der Waals surface area contributed by atoms with Crippen molar-refractivity contribution in [2.24, 2.45) is 35.0 Å². The fourth-order valence-corrected chi connectivity index (χ4v) is 6.92. The minimum absolute atomic E-state index is 0.0514. The molecular formula is C21H31NO3. The van der Waals surface area contributed by atoms with Crippen molar-refractivity contribution in [3.63, 3.8) is 0 Å². The molecule has 0 aromatic rings. The highest BCUT2D eigenvalue weighted by Gasteiger charge is 2.59. The van der Waals surface area contributed by atoms with Crippen molar-refractivity contribution in [1.29, 1.82) is 0 Å². The van der Waals surface area contributed by atoms with E-state index < -0.39 is 0 Å². The summed E-state index contributed by atoms with van der Waals surface area (Å²) in [5.41, 5.74) is 1.55. The molecule has 4 nitrogen and oxygen atoms in total. The highest BCUT2D eigenvalue weighted by molar-refractivity contribution is 5.91. The summed E-state index contributed by atoms with van der Waals surface area (Å²) >= 11 is 0. The van der Waals surface area contributed by atoms with Crippen molar-refractivity contribution in [3.05, 3.63) is 11.6 Å². The van der Waals surface area contributed by atoms with Gasteiger partial charge < -0.3 is 10.1 Å². The van der Waals surface area contributed by atoms with Gasteiger partial charge in [-0.2, -0.15) is 0 Å². The minimum Gasteiger partial charge on any atom is -0.446 e. The van der Waals surface area contributed by atoms with Gasteiger partial charge in [0.1, 0.15) is 6.10 Å². The van der Waals surface area contributed by atoms with Crippen LogP contribution in [-0.4, -0.2) is 25.0 Å². The Morgan fingerprint density at radius 1 is 1.28 bits per heavy atom. The molecule has 1 N–H and O–H groups in total. The summed E-state index contributed by atoms with van der Waals surface area (Å²) in [5, 5.41) is 2.61. The van der Waals surface area contributed by atoms with Crippen molar-refractivity contribution in [2.75, 3.05) is 7.05 Å². The first kappa shape index (κ1) is 17.1. The number of fused-ring (bicyclic) bond motifs is 5. The molecule has 4 rings (SSSR count). The number of hydrogen-bond acceptors (Lipinski definition) is 3. The lowest BCUT2D eigenvalue weighted by atomic mass is 9.49. The zero-order chi connectivity index (χ0) is 17.8. The maximum atomic E-state index is 11.9. The summed E-state index contributed by atoms with van der Waals surface area (Å²) in [5.74, 6) is 3.67. The largest absolute Gasteiger partial charge is 0.446 e. The fourth-order valence-electron chi connectivity index (χ4n) is 6.92. The Hall–Kier alpha value is -1.32. The molecule has 138 valence electrons. The molecule has 0 bridgehead atoms. The molecule has 0 aromatic heterocycles. The van der Waals surface area contributed by atoms with Crippen LogP contribution in [0.25, 0.3) is 0 Å². The van der Waals surface area contributed by atoms with Crippen molar-refractivity contribution >= 4 is 11.9 Å². The predicted molar refractivity (Wildman–Crippen MR) is 96.0 cm³/mol. The summed E-state index contributed by atoms with van der Waals surface area (Å²) in [6, 6.07) is 0. The third-order valence-corrected chi connectivity index (χ3v) is 8.01. The van der Waals surface area contributed by atoms with Gasteiger partial charge in [0, 0.05) is 18.9 Å². The molecule has 0 spiro atoms. The summed E-state index contributed by atoms with van der Waals surface area (Å²) in [7, 11) is 1.63. The lowest BCUT2D eigenvalue weighted by Crippen LogP contribution is -2.51. The van der Waals surface area contributed by atoms with Crippen LogP contribution in [-0.2, 0) is 9.53 Å². The maximum Gasteiger partial charge on any atom is 0.407 e. The zero-order valence-electron chi connectivity index (χ0n) is 15.7. The van der Waals surface area contributed by atoms with Crippen molar-refractivity contribution in [2.45, 2.75) is 64.9 Å². The number of rotatable bonds is 1. The number of alkyl carbamates (subject to hydrolysis) is 1. The van der Waals surface area contributed by atoms with Crippen LogP contribution < -0.4 is 5.32 Å². The average Bonchev–Trinajstić information content (AvgIpc) is 2.90. The van der Waals surface area contributed by atoms with Crippen LogP contribution in [0.15, 0.2) is 11.6 Å². The number of allylic oxidation sites excluding steroid dienone is 1. The molecule has 0 saturated heterocycles. The van der Waals surface area contributed by atoms with Gasteiger partial charge in [0.2, 0.25) is 0 Å². The van der Waals surface area contributed by atoms with Gasteiger partial charge in [0.05, 0.1) is 0 Å². The topological polar surface area (TPSA) is 55.4 Å². The maximum absolute atomic E-state index is 11.9. The second-order valence-electron chi connectivity index (χ2n) is 9.13. The third kappa shape index (κ3) is 2.63. The van der Waals surface area contributed by atoms with E-state index in [1.165, 1.54) is 18.4 Å². The molecular weight excluding hydrogens is 314 g/mol. The fraction of sp³-hybridized carbons (Fsp3) is 0.810. The van der Waals surface area contributed by atoms with Gasteiger partial charge in [-0.25, -0.2) is 4.79 Å². The van der Waals surface area contributed by atoms with Gasteiger partial charge in [-0.05, 0) is 74.2 Å². The minimum atomic E-state index is -0.290. The van der Waals surface area contributed by atoms with E-state index in [9.17, 15) is 9.59 Å². The normalized spacial score (nSPS) is 45.7. The molecule has 7 atom stereocenters. The SMILES string of the molecule is CNC(=O)OC1CCC2C3C(C)CC4=CC(=O)CCC4C3CCC12C. The first-order valence-electron chi connectivity index (χ1n) is 10.1. The van der Waals surface area contributed by atoms with Crippen LogP contribution >= 0.6 is 0 Å². The molecule has 7 unspecified atom stereocenters. The molecule has 3 fully saturated rings. The monoisotopic (exact) mass is 345 g/mol. The number of carbonyl (C=O) groups is 2. The molecule has 4 heteroatoms. The van der Waals surface area contributed by atoms with Crippen molar-refractivity contribution < 1.29 is 14.3 Å². The Balaban J connectivity index is 1.59. The molecule has 3 saturated carbocycles. The number of nitrogens with one attached hydrogen (secondary N) is 1. The van der Waals surface area contributed by atoms with E-state index in [0.717, 1.165) is 38.0 Å². The molecule has 4 aliphatic rings. The van der Waals surface area contributed by atoms with Gasteiger partial charge >= 0.3 is 6.09 Å². The van der Waals surface area contributed by atoms with Gasteiger partial charge in [0.15, 0.2) is 5.78 Å². The standard InChI is InChI=1S/C21H31NO3/c1-12-10-13-11-14(23)4-5-15(13)16-8-9-21(2)17(19(12)16)6-7-18(21)25-20(24)22-3/h11-12,15-19H,4-10H2,1-3H3,(H,22,24). The number of ether oxygens (including phenoxy) is 1. The van der Waals surface area contributed by atoms with Crippen LogP contribution in [0.4, 0.5) is 4.79 Å². The Bertz CT molecular complexity index is 612. The smallest absolute Gasteiger partial charge is 0.407 e. The van der Waals surface area contributed by atoms with E-state index in [0.29, 0.717) is 29.5 Å². The van der Waals surface area contributed by atoms with E-state index in [-0.39, 0.29) is 17.6 Å². The Kier molecular flexibility index (Phi) is 4.20. The Labute approximate surface area is 150 Å². The average molecular weight is 345 g/mol. The van der Waals surface area contributed by atoms with Crippen LogP contribution in [0.2, 0.25) is 0 Å². The van der Waals surface area contributed by atoms with Gasteiger partial charge in [-0.3, -0.25) is 4.79 Å². The van der Waals surface area contributed by atoms with E-state index in [1.807, 2.05) is 6.08 Å². The molecule has 0 aromatic carbocycles. The molecule has 25 heavy (non-hydrogen) atoms. The van der Waals surface area contributed by atoms with Gasteiger partial charge in [-0.1, -0.05) is 19.4 Å². The molecule has 0 aliphatic heterocycles. The summed E-state index contributed by atoms with van der Waals surface area (Å²) in [4.78, 5) is 23.6. The van der Waals surface area contributed by atoms with Crippen LogP contribution in [0, 0.1) is 35.0 Å². The van der Waals surface area contributed by atoms with Crippen LogP contribution in [0.5, 0.6) is 0 Å². The second-order valence-corrected chi connectivity index (χ2v) is 9.13. The van der Waals surface area contributed by atoms with Crippen molar-refractivity contribution in [3.8, 4) is 0 Å². The summed E-state index contributed by atoms with van der Waals surface area (Å²) in [6.07, 6.45) is 9.14. The summed E-state index contributed by atoms with van der Waals surface area (Å²) < 4.78 is 5.76. The van der Waals surface area contributed by atoms with E-state index in [2.05, 4.69) is 19.2 Å². The second kappa shape index (κ2) is 6.14. The highest BCUT2D eigenvalue weighted by atomic mass is 16.6. The van der Waals surface area contributed by atoms with E-state index in [4.69, 9.17) is 4.74 Å². The van der Waals surface area contributed by atoms with Gasteiger partial charge in [0.25, 0.3) is 0 Å². The molecule has 0 radical (unpaired) electrons. The third-order valence-electron chi connectivity index (χ3n) is 8.01. The number of ketones is 1. The molecule has 0 heterocycles. The zero-order valence-corrected chi connectivity index (χ0v) is 15.7. The Morgan fingerprint density at radius 3 is 2.84 bits per heavy atom. The highest BCUT2D eigenvalue weighted by Crippen LogP contribution is 2.63. The number of carbonyl (C=O) groups excluding carboxylic acids is 2. The quantitative estimate of drug-likeness (QED) is 0.778. The predicted octanol–water partition coefficient (Wildman–Crippen LogP) is 4.10. The van der Waals surface area contributed by atoms with Crippen LogP contribution in [0.1, 0.15) is 58.8 Å². The first-order chi connectivity index (χ1) is 11.9. The lowest BCUT2D eigenvalue weighted by molar-refractivity contribution is -0.116.